The third kappa shape index (κ3) is 6.13. The number of carbonyl (C=O) groups excluding carboxylic acids is 1. The van der Waals surface area contributed by atoms with E-state index >= 15 is 0 Å². The van der Waals surface area contributed by atoms with E-state index in [9.17, 15) is 4.79 Å². The van der Waals surface area contributed by atoms with Crippen molar-refractivity contribution in [3.05, 3.63) is 48.0 Å². The van der Waals surface area contributed by atoms with Crippen LogP contribution in [0.3, 0.4) is 0 Å². The molecule has 110 valence electrons. The third-order valence-corrected chi connectivity index (χ3v) is 3.11. The van der Waals surface area contributed by atoms with Gasteiger partial charge in [0.1, 0.15) is 12.9 Å². The van der Waals surface area contributed by atoms with Gasteiger partial charge in [-0.1, -0.05) is 62.6 Å². The number of benzene rings is 1. The molecular weight excluding hydrogens is 252 g/mol. The van der Waals surface area contributed by atoms with E-state index in [1.54, 1.807) is 6.08 Å². The Bertz CT molecular complexity index is 398. The second-order valence-electron chi connectivity index (χ2n) is 4.74. The molecule has 1 atom stereocenters. The highest BCUT2D eigenvalue weighted by molar-refractivity contribution is 5.94. The van der Waals surface area contributed by atoms with Gasteiger partial charge in [-0.2, -0.15) is 0 Å². The first kappa shape index (κ1) is 16.6. The van der Waals surface area contributed by atoms with E-state index in [-0.39, 0.29) is 5.78 Å². The fourth-order valence-electron chi connectivity index (χ4n) is 2.02. The quantitative estimate of drug-likeness (QED) is 0.402. The number of ether oxygens (including phenoxy) is 1. The molecule has 1 N–H and O–H groups in total. The van der Waals surface area contributed by atoms with Gasteiger partial charge < -0.3 is 9.84 Å². The first-order valence-corrected chi connectivity index (χ1v) is 7.27. The molecule has 3 nitrogen and oxygen atoms in total. The molecule has 0 saturated heterocycles. The van der Waals surface area contributed by atoms with Crippen LogP contribution in [0.1, 0.15) is 50.7 Å². The molecular formula is C17H24O3. The zero-order valence-electron chi connectivity index (χ0n) is 12.1. The number of ketones is 1. The molecule has 0 bridgehead atoms. The number of aliphatic hydroxyl groups excluding tert-OH is 1. The van der Waals surface area contributed by atoms with Gasteiger partial charge in [0.15, 0.2) is 5.78 Å². The highest BCUT2D eigenvalue weighted by Crippen LogP contribution is 2.18. The zero-order chi connectivity index (χ0) is 14.6. The highest BCUT2D eigenvalue weighted by Gasteiger charge is 2.18. The van der Waals surface area contributed by atoms with Crippen LogP contribution in [0.4, 0.5) is 0 Å². The van der Waals surface area contributed by atoms with E-state index in [1.165, 1.54) is 19.3 Å². The lowest BCUT2D eigenvalue weighted by molar-refractivity contribution is -0.133. The lowest BCUT2D eigenvalue weighted by Crippen LogP contribution is -2.14. The molecule has 1 aromatic rings. The Morgan fingerprint density at radius 1 is 1.25 bits per heavy atom. The van der Waals surface area contributed by atoms with Crippen molar-refractivity contribution in [2.24, 2.45) is 0 Å². The predicted molar refractivity (Wildman–Crippen MR) is 80.3 cm³/mol. The summed E-state index contributed by atoms with van der Waals surface area (Å²) in [7, 11) is 0. The molecule has 1 unspecified atom stereocenters. The summed E-state index contributed by atoms with van der Waals surface area (Å²) in [5.74, 6) is -0.124. The molecule has 0 aliphatic heterocycles. The van der Waals surface area contributed by atoms with Crippen LogP contribution in [0.15, 0.2) is 42.5 Å². The fourth-order valence-corrected chi connectivity index (χ4v) is 2.02. The van der Waals surface area contributed by atoms with Crippen LogP contribution in [-0.2, 0) is 9.53 Å². The monoisotopic (exact) mass is 276 g/mol. The van der Waals surface area contributed by atoms with Crippen LogP contribution in [0.2, 0.25) is 0 Å². The van der Waals surface area contributed by atoms with Gasteiger partial charge in [0.25, 0.3) is 0 Å². The topological polar surface area (TPSA) is 46.5 Å². The summed E-state index contributed by atoms with van der Waals surface area (Å²) < 4.78 is 5.14. The molecule has 0 saturated carbocycles. The Morgan fingerprint density at radius 3 is 2.65 bits per heavy atom. The minimum absolute atomic E-state index is 0.124. The smallest absolute Gasteiger partial charge is 0.188 e. The second kappa shape index (κ2) is 10.4. The summed E-state index contributed by atoms with van der Waals surface area (Å²) in [4.78, 5) is 12.1. The lowest BCUT2D eigenvalue weighted by Gasteiger charge is -2.13. The number of aliphatic hydroxyl groups is 1. The molecule has 0 aliphatic rings. The number of hydrogen-bond donors (Lipinski definition) is 1. The van der Waals surface area contributed by atoms with Gasteiger partial charge in [-0.15, -0.1) is 0 Å². The Labute approximate surface area is 121 Å². The van der Waals surface area contributed by atoms with Crippen molar-refractivity contribution in [1.29, 1.82) is 0 Å². The number of allylic oxidation sites excluding steroid dienone is 1. The van der Waals surface area contributed by atoms with E-state index < -0.39 is 12.9 Å². The van der Waals surface area contributed by atoms with Crippen LogP contribution >= 0.6 is 0 Å². The maximum Gasteiger partial charge on any atom is 0.188 e. The summed E-state index contributed by atoms with van der Waals surface area (Å²) in [5, 5.41) is 8.92. The van der Waals surface area contributed by atoms with Gasteiger partial charge in [0.05, 0.1) is 0 Å². The minimum Gasteiger partial charge on any atom is -0.371 e. The molecule has 0 spiro atoms. The van der Waals surface area contributed by atoms with Crippen molar-refractivity contribution in [3.63, 3.8) is 0 Å². The first-order valence-electron chi connectivity index (χ1n) is 7.27. The van der Waals surface area contributed by atoms with E-state index in [2.05, 4.69) is 6.92 Å². The second-order valence-corrected chi connectivity index (χ2v) is 4.74. The van der Waals surface area contributed by atoms with Gasteiger partial charge in [-0.25, -0.2) is 0 Å². The van der Waals surface area contributed by atoms with Crippen molar-refractivity contribution < 1.29 is 14.6 Å². The Morgan fingerprint density at radius 2 is 2.00 bits per heavy atom. The molecule has 1 aromatic carbocycles. The van der Waals surface area contributed by atoms with Gasteiger partial charge in [0, 0.05) is 0 Å². The van der Waals surface area contributed by atoms with Gasteiger partial charge in [-0.05, 0) is 24.5 Å². The molecule has 0 aromatic heterocycles. The van der Waals surface area contributed by atoms with Crippen LogP contribution < -0.4 is 0 Å². The Kier molecular flexibility index (Phi) is 8.59. The zero-order valence-corrected chi connectivity index (χ0v) is 12.1. The van der Waals surface area contributed by atoms with Gasteiger partial charge >= 0.3 is 0 Å². The molecule has 20 heavy (non-hydrogen) atoms. The normalized spacial score (nSPS) is 12.7. The fraction of sp³-hybridized carbons (Fsp3) is 0.471. The van der Waals surface area contributed by atoms with E-state index in [1.807, 2.05) is 36.4 Å². The van der Waals surface area contributed by atoms with E-state index in [0.717, 1.165) is 18.4 Å². The van der Waals surface area contributed by atoms with Gasteiger partial charge in [-0.3, -0.25) is 4.79 Å². The van der Waals surface area contributed by atoms with E-state index in [0.29, 0.717) is 0 Å². The molecule has 3 heteroatoms. The molecule has 1 rings (SSSR count). The molecule has 0 fully saturated rings. The summed E-state index contributed by atoms with van der Waals surface area (Å²) >= 11 is 0. The lowest BCUT2D eigenvalue weighted by atomic mass is 10.0. The Hall–Kier alpha value is -1.45. The summed E-state index contributed by atoms with van der Waals surface area (Å²) in [6.07, 6.45) is 8.41. The minimum atomic E-state index is -0.715. The van der Waals surface area contributed by atoms with Crippen LogP contribution in [0, 0.1) is 0 Å². The molecule has 0 heterocycles. The number of carbonyl (C=O) groups is 1. The van der Waals surface area contributed by atoms with Crippen molar-refractivity contribution in [2.45, 2.75) is 45.1 Å². The molecule has 0 aliphatic carbocycles. The average Bonchev–Trinajstić information content (AvgIpc) is 2.49. The SMILES string of the molecule is CCCCCCC=CC(=O)C(OCO)c1ccccc1. The van der Waals surface area contributed by atoms with Crippen LogP contribution in [-0.4, -0.2) is 17.7 Å². The summed E-state index contributed by atoms with van der Waals surface area (Å²) in [6, 6.07) is 9.24. The summed E-state index contributed by atoms with van der Waals surface area (Å²) in [5.41, 5.74) is 0.766. The van der Waals surface area contributed by atoms with Gasteiger partial charge in [0.2, 0.25) is 0 Å². The summed E-state index contributed by atoms with van der Waals surface area (Å²) in [6.45, 7) is 1.71. The van der Waals surface area contributed by atoms with Crippen molar-refractivity contribution in [1.82, 2.24) is 0 Å². The van der Waals surface area contributed by atoms with Crippen molar-refractivity contribution in [2.75, 3.05) is 6.79 Å². The van der Waals surface area contributed by atoms with Crippen molar-refractivity contribution in [3.8, 4) is 0 Å². The third-order valence-electron chi connectivity index (χ3n) is 3.11. The molecule has 0 radical (unpaired) electrons. The number of rotatable bonds is 10. The standard InChI is InChI=1S/C17H24O3/c1-2-3-4-5-6-10-13-16(19)17(20-14-18)15-11-8-7-9-12-15/h7-13,17-18H,2-6,14H2,1H3. The number of hydrogen-bond acceptors (Lipinski definition) is 3. The average molecular weight is 276 g/mol. The van der Waals surface area contributed by atoms with Crippen LogP contribution in [0.5, 0.6) is 0 Å². The molecule has 0 amide bonds. The maximum atomic E-state index is 12.1. The number of unbranched alkanes of at least 4 members (excludes halogenated alkanes) is 4. The predicted octanol–water partition coefficient (Wildman–Crippen LogP) is 3.79. The largest absolute Gasteiger partial charge is 0.371 e. The maximum absolute atomic E-state index is 12.1. The van der Waals surface area contributed by atoms with Crippen molar-refractivity contribution >= 4 is 5.78 Å². The van der Waals surface area contributed by atoms with Crippen LogP contribution in [0.25, 0.3) is 0 Å². The first-order chi connectivity index (χ1) is 9.79. The Balaban J connectivity index is 2.50. The highest BCUT2D eigenvalue weighted by atomic mass is 16.6. The van der Waals surface area contributed by atoms with E-state index in [4.69, 9.17) is 9.84 Å².